The number of aromatic nitrogens is 4. The second kappa shape index (κ2) is 10.4. The van der Waals surface area contributed by atoms with E-state index in [0.29, 0.717) is 6.42 Å². The van der Waals surface area contributed by atoms with Gasteiger partial charge in [0.15, 0.2) is 25.3 Å². The Hall–Kier alpha value is -2.55. The van der Waals surface area contributed by atoms with Gasteiger partial charge in [-0.05, 0) is 30.5 Å². The minimum Gasteiger partial charge on any atom is -0.418 e. The molecule has 3 heterocycles. The van der Waals surface area contributed by atoms with Crippen molar-refractivity contribution in [2.24, 2.45) is 5.92 Å². The van der Waals surface area contributed by atoms with Crippen molar-refractivity contribution < 1.29 is 23.1 Å². The first-order chi connectivity index (χ1) is 16.7. The molecule has 9 nitrogen and oxygen atoms in total. The Bertz CT molecular complexity index is 1140. The van der Waals surface area contributed by atoms with Crippen molar-refractivity contribution >= 4 is 31.3 Å². The molecule has 4 atom stereocenters. The average molecular weight is 520 g/mol. The molecule has 36 heavy (non-hydrogen) atoms. The lowest BCUT2D eigenvalue weighted by Crippen LogP contribution is -2.52. The van der Waals surface area contributed by atoms with Crippen molar-refractivity contribution in [1.82, 2.24) is 19.5 Å². The number of hydrogen-bond acceptors (Lipinski definition) is 8. The zero-order chi connectivity index (χ0) is 26.9. The van der Waals surface area contributed by atoms with Crippen LogP contribution in [-0.4, -0.2) is 45.7 Å². The Balaban J connectivity index is 1.97. The Labute approximate surface area is 213 Å². The summed E-state index contributed by atoms with van der Waals surface area (Å²) in [4.78, 5) is 24.7. The molecule has 198 valence electrons. The first kappa shape index (κ1) is 28.0. The normalized spacial score (nSPS) is 23.5. The molecule has 3 rings (SSSR count). The van der Waals surface area contributed by atoms with Crippen LogP contribution in [0.15, 0.2) is 6.33 Å². The maximum absolute atomic E-state index is 14.0. The predicted octanol–water partition coefficient (Wildman–Crippen LogP) is 4.95. The largest absolute Gasteiger partial charge is 0.418 e. The molecule has 1 aliphatic heterocycles. The van der Waals surface area contributed by atoms with Gasteiger partial charge in [-0.3, -0.25) is 9.36 Å². The summed E-state index contributed by atoms with van der Waals surface area (Å²) >= 11 is 0. The number of esters is 1. The van der Waals surface area contributed by atoms with E-state index in [-0.39, 0.29) is 34.4 Å². The molecule has 1 aliphatic rings. The third kappa shape index (κ3) is 5.55. The van der Waals surface area contributed by atoms with Crippen LogP contribution in [0.1, 0.15) is 73.0 Å². The molecule has 2 aromatic heterocycles. The fraction of sp³-hybridized carbons (Fsp3) is 0.680. The van der Waals surface area contributed by atoms with Crippen LogP contribution in [0.5, 0.6) is 0 Å². The Kier molecular flexibility index (Phi) is 8.12. The zero-order valence-electron chi connectivity index (χ0n) is 22.3. The van der Waals surface area contributed by atoms with E-state index in [1.54, 1.807) is 0 Å². The van der Waals surface area contributed by atoms with Gasteiger partial charge in [0, 0.05) is 6.42 Å². The summed E-state index contributed by atoms with van der Waals surface area (Å²) in [6.45, 7) is 14.4. The van der Waals surface area contributed by atoms with Crippen LogP contribution in [0.4, 0.5) is 10.2 Å². The molecule has 0 amide bonds. The monoisotopic (exact) mass is 519 g/mol. The lowest BCUT2D eigenvalue weighted by molar-refractivity contribution is -0.227. The SMILES string of the molecule is C#C[C@]1(OC(=O)C(C)CCCCC)O[C@@H](n2cnc3c(N)nc(F)nc32)C[C@@H]1O[Si](C)(C)C(C)(C)C. The van der Waals surface area contributed by atoms with Crippen LogP contribution >= 0.6 is 0 Å². The summed E-state index contributed by atoms with van der Waals surface area (Å²) in [7, 11) is -2.36. The van der Waals surface area contributed by atoms with Crippen LogP contribution in [0.2, 0.25) is 18.1 Å². The number of anilines is 1. The topological polar surface area (TPSA) is 114 Å². The number of carbonyl (C=O) groups is 1. The number of halogens is 1. The van der Waals surface area contributed by atoms with Gasteiger partial charge in [0.2, 0.25) is 0 Å². The minimum atomic E-state index is -2.36. The molecule has 11 heteroatoms. The van der Waals surface area contributed by atoms with Gasteiger partial charge >= 0.3 is 17.8 Å². The minimum absolute atomic E-state index is 0.0844. The van der Waals surface area contributed by atoms with E-state index in [1.165, 1.54) is 10.9 Å². The van der Waals surface area contributed by atoms with E-state index >= 15 is 0 Å². The number of carbonyl (C=O) groups excluding carboxylic acids is 1. The van der Waals surface area contributed by atoms with Crippen LogP contribution in [0.25, 0.3) is 11.2 Å². The number of fused-ring (bicyclic) bond motifs is 1. The van der Waals surface area contributed by atoms with Crippen molar-refractivity contribution in [3.63, 3.8) is 0 Å². The number of nitrogen functional groups attached to an aromatic ring is 1. The van der Waals surface area contributed by atoms with Gasteiger partial charge < -0.3 is 19.6 Å². The van der Waals surface area contributed by atoms with Gasteiger partial charge in [-0.1, -0.05) is 53.9 Å². The highest BCUT2D eigenvalue weighted by Crippen LogP contribution is 2.46. The molecular weight excluding hydrogens is 481 g/mol. The van der Waals surface area contributed by atoms with Gasteiger partial charge in [0.1, 0.15) is 12.3 Å². The molecular formula is C25H38FN5O4Si. The zero-order valence-corrected chi connectivity index (χ0v) is 23.3. The standard InChI is InChI=1S/C25H38FN5O4Si/c1-9-11-12-13-16(3)22(32)34-25(10-2)17(35-36(7,8)24(4,5)6)14-18(33-25)31-15-28-19-20(27)29-23(26)30-21(19)31/h2,15-18H,9,11-14H2,1,3-8H3,(H2,27,29,30)/t16?,17-,18+,25+/m0/s1. The average Bonchev–Trinajstić information content (AvgIpc) is 3.34. The van der Waals surface area contributed by atoms with Crippen molar-refractivity contribution in [3.8, 4) is 12.3 Å². The lowest BCUT2D eigenvalue weighted by Gasteiger charge is -2.41. The Morgan fingerprint density at radius 2 is 2.11 bits per heavy atom. The lowest BCUT2D eigenvalue weighted by atomic mass is 10.0. The van der Waals surface area contributed by atoms with E-state index in [2.05, 4.69) is 61.7 Å². The van der Waals surface area contributed by atoms with Crippen LogP contribution in [0.3, 0.4) is 0 Å². The second-order valence-electron chi connectivity index (χ2n) is 11.0. The van der Waals surface area contributed by atoms with E-state index in [4.69, 9.17) is 26.1 Å². The second-order valence-corrected chi connectivity index (χ2v) is 15.8. The summed E-state index contributed by atoms with van der Waals surface area (Å²) < 4.78 is 34.4. The number of nitrogens with two attached hydrogens (primary N) is 1. The number of rotatable bonds is 9. The van der Waals surface area contributed by atoms with Crippen molar-refractivity contribution in [3.05, 3.63) is 12.4 Å². The quantitative estimate of drug-likeness (QED) is 0.163. The number of nitrogens with zero attached hydrogens (tertiary/aromatic N) is 4. The smallest absolute Gasteiger partial charge is 0.312 e. The highest BCUT2D eigenvalue weighted by Gasteiger charge is 2.56. The number of imidazole rings is 1. The maximum atomic E-state index is 14.0. The molecule has 0 bridgehead atoms. The van der Waals surface area contributed by atoms with Crippen molar-refractivity contribution in [2.75, 3.05) is 5.73 Å². The van der Waals surface area contributed by atoms with Gasteiger partial charge in [-0.25, -0.2) is 4.98 Å². The molecule has 2 aromatic rings. The van der Waals surface area contributed by atoms with Crippen molar-refractivity contribution in [1.29, 1.82) is 0 Å². The summed E-state index contributed by atoms with van der Waals surface area (Å²) in [5, 5.41) is -0.130. The first-order valence-electron chi connectivity index (χ1n) is 12.5. The van der Waals surface area contributed by atoms with E-state index in [9.17, 15) is 9.18 Å². The molecule has 0 aromatic carbocycles. The fourth-order valence-electron chi connectivity index (χ4n) is 3.93. The molecule has 1 saturated heterocycles. The van der Waals surface area contributed by atoms with Crippen LogP contribution in [0, 0.1) is 24.3 Å². The first-order valence-corrected chi connectivity index (χ1v) is 15.4. The van der Waals surface area contributed by atoms with Gasteiger partial charge in [-0.2, -0.15) is 14.4 Å². The number of ether oxygens (including phenoxy) is 2. The van der Waals surface area contributed by atoms with Crippen molar-refractivity contribution in [2.45, 2.75) is 103 Å². The van der Waals surface area contributed by atoms with Crippen LogP contribution < -0.4 is 5.73 Å². The molecule has 0 radical (unpaired) electrons. The third-order valence-electron chi connectivity index (χ3n) is 7.22. The molecule has 0 aliphatic carbocycles. The molecule has 2 N–H and O–H groups in total. The van der Waals surface area contributed by atoms with E-state index < -0.39 is 38.5 Å². The summed E-state index contributed by atoms with van der Waals surface area (Å²) in [6.07, 6.45) is 8.84. The highest BCUT2D eigenvalue weighted by atomic mass is 28.4. The van der Waals surface area contributed by atoms with Gasteiger partial charge in [0.25, 0.3) is 0 Å². The molecule has 1 unspecified atom stereocenters. The summed E-state index contributed by atoms with van der Waals surface area (Å²) in [6, 6.07) is 0. The van der Waals surface area contributed by atoms with Gasteiger partial charge in [-0.15, -0.1) is 6.42 Å². The van der Waals surface area contributed by atoms with E-state index in [0.717, 1.165) is 19.3 Å². The van der Waals surface area contributed by atoms with Gasteiger partial charge in [0.05, 0.1) is 12.2 Å². The summed E-state index contributed by atoms with van der Waals surface area (Å²) in [5.74, 6) is -0.0563. The molecule has 0 spiro atoms. The number of terminal acetylenes is 1. The Morgan fingerprint density at radius 1 is 1.42 bits per heavy atom. The number of hydrogen-bond donors (Lipinski definition) is 1. The predicted molar refractivity (Wildman–Crippen MR) is 137 cm³/mol. The molecule has 0 saturated carbocycles. The fourth-order valence-corrected chi connectivity index (χ4v) is 5.25. The summed E-state index contributed by atoms with van der Waals surface area (Å²) in [5.41, 5.74) is 6.22. The molecule has 1 fully saturated rings. The Morgan fingerprint density at radius 3 is 2.72 bits per heavy atom. The van der Waals surface area contributed by atoms with E-state index in [1.807, 2.05) is 6.92 Å². The highest BCUT2D eigenvalue weighted by molar-refractivity contribution is 6.74. The maximum Gasteiger partial charge on any atom is 0.312 e. The van der Waals surface area contributed by atoms with Crippen LogP contribution in [-0.2, 0) is 18.7 Å². The number of unbranched alkanes of at least 4 members (excludes halogenated alkanes) is 2. The third-order valence-corrected chi connectivity index (χ3v) is 11.7.